The van der Waals surface area contributed by atoms with E-state index >= 15 is 0 Å². The maximum absolute atomic E-state index is 10.3. The van der Waals surface area contributed by atoms with Crippen molar-refractivity contribution >= 4 is 0 Å². The minimum Gasteiger partial charge on any atom is -0.385 e. The molecular formula is C15H16O2. The molecule has 2 rings (SSSR count). The Morgan fingerprint density at radius 2 is 1.29 bits per heavy atom. The molecule has 0 aliphatic heterocycles. The molecule has 0 unspecified atom stereocenters. The van der Waals surface area contributed by atoms with Gasteiger partial charge in [0.15, 0.2) is 0 Å². The second kappa shape index (κ2) is 5.62. The van der Waals surface area contributed by atoms with E-state index in [9.17, 15) is 5.11 Å². The van der Waals surface area contributed by atoms with Gasteiger partial charge in [0.2, 0.25) is 0 Å². The summed E-state index contributed by atoms with van der Waals surface area (Å²) in [6, 6.07) is 19.3. The molecule has 17 heavy (non-hydrogen) atoms. The maximum atomic E-state index is 10.3. The lowest BCUT2D eigenvalue weighted by Crippen LogP contribution is -2.12. The Bertz CT molecular complexity index is 439. The van der Waals surface area contributed by atoms with Crippen molar-refractivity contribution in [3.63, 3.8) is 0 Å². The van der Waals surface area contributed by atoms with Gasteiger partial charge in [-0.25, -0.2) is 0 Å². The number of hydrogen-bond donors (Lipinski definition) is 1. The van der Waals surface area contributed by atoms with Gasteiger partial charge in [0, 0.05) is 7.11 Å². The minimum absolute atomic E-state index is 0.335. The van der Waals surface area contributed by atoms with E-state index in [-0.39, 0.29) is 6.10 Å². The molecule has 0 aliphatic rings. The van der Waals surface area contributed by atoms with Crippen molar-refractivity contribution in [2.75, 3.05) is 7.11 Å². The average Bonchev–Trinajstić information content (AvgIpc) is 2.42. The van der Waals surface area contributed by atoms with Crippen molar-refractivity contribution in [1.29, 1.82) is 0 Å². The molecule has 2 aromatic carbocycles. The van der Waals surface area contributed by atoms with Crippen LogP contribution < -0.4 is 0 Å². The lowest BCUT2D eigenvalue weighted by molar-refractivity contribution is -0.0149. The lowest BCUT2D eigenvalue weighted by Gasteiger charge is -2.22. The van der Waals surface area contributed by atoms with Crippen LogP contribution in [0, 0.1) is 0 Å². The van der Waals surface area contributed by atoms with Gasteiger partial charge in [-0.05, 0) is 11.1 Å². The monoisotopic (exact) mass is 228 g/mol. The van der Waals surface area contributed by atoms with Gasteiger partial charge in [0.05, 0.1) is 0 Å². The highest BCUT2D eigenvalue weighted by atomic mass is 16.5. The molecule has 2 heteroatoms. The van der Waals surface area contributed by atoms with Gasteiger partial charge in [-0.3, -0.25) is 0 Å². The first-order valence-electron chi connectivity index (χ1n) is 5.63. The first-order chi connectivity index (χ1) is 8.33. The fraction of sp³-hybridized carbons (Fsp3) is 0.200. The summed E-state index contributed by atoms with van der Waals surface area (Å²) in [6.07, 6.45) is -0.984. The second-order valence-electron chi connectivity index (χ2n) is 3.92. The van der Waals surface area contributed by atoms with Crippen LogP contribution in [0.5, 0.6) is 0 Å². The fourth-order valence-corrected chi connectivity index (χ4v) is 1.91. The van der Waals surface area contributed by atoms with Crippen molar-refractivity contribution in [1.82, 2.24) is 0 Å². The number of aliphatic hydroxyl groups is 1. The van der Waals surface area contributed by atoms with Crippen LogP contribution in [0.15, 0.2) is 60.7 Å². The van der Waals surface area contributed by atoms with E-state index in [2.05, 4.69) is 0 Å². The molecule has 0 radical (unpaired) electrons. The quantitative estimate of drug-likeness (QED) is 0.871. The normalized spacial score (nSPS) is 14.2. The number of methoxy groups -OCH3 is 1. The highest BCUT2D eigenvalue weighted by Crippen LogP contribution is 2.30. The fourth-order valence-electron chi connectivity index (χ4n) is 1.91. The molecule has 0 spiro atoms. The van der Waals surface area contributed by atoms with Gasteiger partial charge in [-0.2, -0.15) is 0 Å². The zero-order chi connectivity index (χ0) is 12.1. The van der Waals surface area contributed by atoms with Crippen LogP contribution in [0.1, 0.15) is 23.3 Å². The summed E-state index contributed by atoms with van der Waals surface area (Å²) >= 11 is 0. The van der Waals surface area contributed by atoms with Crippen molar-refractivity contribution in [3.05, 3.63) is 71.8 Å². The minimum atomic E-state index is -0.649. The summed E-state index contributed by atoms with van der Waals surface area (Å²) < 4.78 is 5.40. The van der Waals surface area contributed by atoms with E-state index in [1.54, 1.807) is 7.11 Å². The van der Waals surface area contributed by atoms with Gasteiger partial charge in [0.25, 0.3) is 0 Å². The lowest BCUT2D eigenvalue weighted by atomic mass is 9.98. The zero-order valence-electron chi connectivity index (χ0n) is 9.78. The van der Waals surface area contributed by atoms with E-state index in [1.165, 1.54) is 0 Å². The molecule has 0 aromatic heterocycles. The molecule has 1 N–H and O–H groups in total. The Morgan fingerprint density at radius 1 is 0.824 bits per heavy atom. The van der Waals surface area contributed by atoms with Gasteiger partial charge >= 0.3 is 0 Å². The van der Waals surface area contributed by atoms with Crippen molar-refractivity contribution in [2.45, 2.75) is 12.2 Å². The molecule has 2 atom stereocenters. The van der Waals surface area contributed by atoms with Gasteiger partial charge in [-0.15, -0.1) is 0 Å². The zero-order valence-corrected chi connectivity index (χ0v) is 9.78. The van der Waals surface area contributed by atoms with E-state index in [0.29, 0.717) is 0 Å². The molecule has 0 saturated carbocycles. The van der Waals surface area contributed by atoms with Crippen LogP contribution in [0.4, 0.5) is 0 Å². The summed E-state index contributed by atoms with van der Waals surface area (Å²) in [5.41, 5.74) is 1.84. The maximum Gasteiger partial charge on any atom is 0.112 e. The molecule has 0 amide bonds. The number of rotatable bonds is 4. The highest BCUT2D eigenvalue weighted by Gasteiger charge is 2.21. The Labute approximate surface area is 101 Å². The second-order valence-corrected chi connectivity index (χ2v) is 3.92. The van der Waals surface area contributed by atoms with Crippen LogP contribution in [0.25, 0.3) is 0 Å². The van der Waals surface area contributed by atoms with Crippen LogP contribution in [-0.4, -0.2) is 12.2 Å². The number of benzene rings is 2. The molecule has 0 aliphatic carbocycles. The summed E-state index contributed by atoms with van der Waals surface area (Å²) in [6.45, 7) is 0. The van der Waals surface area contributed by atoms with Crippen LogP contribution in [-0.2, 0) is 4.74 Å². The molecule has 88 valence electrons. The third kappa shape index (κ3) is 2.73. The Morgan fingerprint density at radius 3 is 1.76 bits per heavy atom. The topological polar surface area (TPSA) is 29.5 Å². The third-order valence-corrected chi connectivity index (χ3v) is 2.81. The first-order valence-corrected chi connectivity index (χ1v) is 5.63. The molecular weight excluding hydrogens is 212 g/mol. The summed E-state index contributed by atoms with van der Waals surface area (Å²) in [4.78, 5) is 0. The van der Waals surface area contributed by atoms with Gasteiger partial charge in [0.1, 0.15) is 12.2 Å². The number of ether oxygens (including phenoxy) is 1. The van der Waals surface area contributed by atoms with Crippen LogP contribution >= 0.6 is 0 Å². The summed E-state index contributed by atoms with van der Waals surface area (Å²) in [7, 11) is 1.61. The van der Waals surface area contributed by atoms with Gasteiger partial charge in [-0.1, -0.05) is 60.7 Å². The number of aliphatic hydroxyl groups excluding tert-OH is 1. The Hall–Kier alpha value is -1.64. The first kappa shape index (κ1) is 11.8. The van der Waals surface area contributed by atoms with E-state index in [4.69, 9.17) is 4.74 Å². The predicted octanol–water partition coefficient (Wildman–Crippen LogP) is 3.11. The smallest absolute Gasteiger partial charge is 0.112 e. The Kier molecular flexibility index (Phi) is 3.91. The van der Waals surface area contributed by atoms with E-state index in [0.717, 1.165) is 11.1 Å². The molecule has 0 bridgehead atoms. The third-order valence-electron chi connectivity index (χ3n) is 2.81. The number of hydrogen-bond acceptors (Lipinski definition) is 2. The van der Waals surface area contributed by atoms with Crippen molar-refractivity contribution in [2.24, 2.45) is 0 Å². The van der Waals surface area contributed by atoms with Crippen LogP contribution in [0.2, 0.25) is 0 Å². The van der Waals surface area contributed by atoms with E-state index < -0.39 is 6.10 Å². The van der Waals surface area contributed by atoms with Gasteiger partial charge < -0.3 is 9.84 Å². The molecule has 2 nitrogen and oxygen atoms in total. The standard InChI is InChI=1S/C15H16O2/c1-17-15(13-10-6-3-7-11-13)14(16)12-8-4-2-5-9-12/h2-11,14-16H,1H3/t14-,15+/m1/s1. The molecule has 0 fully saturated rings. The summed E-state index contributed by atoms with van der Waals surface area (Å²) in [5.74, 6) is 0. The van der Waals surface area contributed by atoms with Crippen molar-refractivity contribution in [3.8, 4) is 0 Å². The van der Waals surface area contributed by atoms with E-state index in [1.807, 2.05) is 60.7 Å². The SMILES string of the molecule is CO[C@@H](c1ccccc1)[C@H](O)c1ccccc1. The average molecular weight is 228 g/mol. The van der Waals surface area contributed by atoms with Crippen LogP contribution in [0.3, 0.4) is 0 Å². The highest BCUT2D eigenvalue weighted by molar-refractivity contribution is 5.24. The molecule has 2 aromatic rings. The molecule has 0 saturated heterocycles. The van der Waals surface area contributed by atoms with Crippen molar-refractivity contribution < 1.29 is 9.84 Å². The largest absolute Gasteiger partial charge is 0.385 e. The molecule has 0 heterocycles. The Balaban J connectivity index is 2.25. The predicted molar refractivity (Wildman–Crippen MR) is 67.6 cm³/mol. The summed E-state index contributed by atoms with van der Waals surface area (Å²) in [5, 5.41) is 10.3.